The van der Waals surface area contributed by atoms with E-state index in [0.29, 0.717) is 5.92 Å². The fourth-order valence-electron chi connectivity index (χ4n) is 4.20. The molecule has 1 aromatic carbocycles. The fraction of sp³-hybridized carbons (Fsp3) is 0.414. The molecule has 2 aromatic heterocycles. The van der Waals surface area contributed by atoms with E-state index in [2.05, 4.69) is 76.2 Å². The summed E-state index contributed by atoms with van der Waals surface area (Å²) in [5.74, 6) is 1.43. The lowest BCUT2D eigenvalue weighted by atomic mass is 9.73. The zero-order valence-corrected chi connectivity index (χ0v) is 19.7. The van der Waals surface area contributed by atoms with E-state index in [1.165, 1.54) is 30.4 Å². The fourth-order valence-corrected chi connectivity index (χ4v) is 4.20. The quantitative estimate of drug-likeness (QED) is 0.231. The Morgan fingerprint density at radius 2 is 2.00 bits per heavy atom. The smallest absolute Gasteiger partial charge is 0.137 e. The van der Waals surface area contributed by atoms with Crippen LogP contribution in [0, 0.1) is 11.3 Å². The molecule has 0 aliphatic carbocycles. The van der Waals surface area contributed by atoms with Crippen LogP contribution in [0.2, 0.25) is 0 Å². The van der Waals surface area contributed by atoms with Crippen LogP contribution in [-0.4, -0.2) is 4.98 Å². The van der Waals surface area contributed by atoms with Gasteiger partial charge in [-0.1, -0.05) is 77.5 Å². The van der Waals surface area contributed by atoms with Crippen LogP contribution in [0.25, 0.3) is 22.3 Å². The first-order valence-electron chi connectivity index (χ1n) is 11.6. The molecule has 2 heterocycles. The average Bonchev–Trinajstić information content (AvgIpc) is 3.17. The highest BCUT2D eigenvalue weighted by Gasteiger charge is 2.26. The molecular weight excluding hydrogens is 378 g/mol. The van der Waals surface area contributed by atoms with Crippen LogP contribution in [0.15, 0.2) is 71.9 Å². The number of pyridine rings is 1. The van der Waals surface area contributed by atoms with Crippen LogP contribution in [0.1, 0.15) is 64.5 Å². The molecule has 31 heavy (non-hydrogen) atoms. The van der Waals surface area contributed by atoms with Crippen molar-refractivity contribution in [3.8, 4) is 11.3 Å². The van der Waals surface area contributed by atoms with Crippen molar-refractivity contribution in [2.75, 3.05) is 0 Å². The maximum Gasteiger partial charge on any atom is 0.137 e. The maximum atomic E-state index is 6.33. The van der Waals surface area contributed by atoms with Gasteiger partial charge in [-0.05, 0) is 66.3 Å². The van der Waals surface area contributed by atoms with Crippen LogP contribution in [-0.2, 0) is 12.8 Å². The molecule has 3 aromatic rings. The summed E-state index contributed by atoms with van der Waals surface area (Å²) < 4.78 is 6.33. The molecule has 0 spiro atoms. The molecule has 0 aliphatic rings. The molecular formula is C29H37NO. The van der Waals surface area contributed by atoms with Gasteiger partial charge in [0.25, 0.3) is 0 Å². The summed E-state index contributed by atoms with van der Waals surface area (Å²) in [6, 6.07) is 10.9. The first-order chi connectivity index (χ1) is 14.8. The summed E-state index contributed by atoms with van der Waals surface area (Å²) in [7, 11) is 0. The van der Waals surface area contributed by atoms with E-state index in [4.69, 9.17) is 4.42 Å². The summed E-state index contributed by atoms with van der Waals surface area (Å²) in [4.78, 5) is 4.36. The lowest BCUT2D eigenvalue weighted by molar-refractivity contribution is 0.228. The third kappa shape index (κ3) is 5.76. The molecule has 0 radical (unpaired) electrons. The Morgan fingerprint density at radius 1 is 1.19 bits per heavy atom. The standard InChI is InChI=1S/C29H37NO/c1-7-9-10-11-24-14-15-30-20-26(24)28-18-25-13-12-23(17-27(25)31-28)19-29(5,6)22(4)16-21(3)8-2/h8,12-15,17-18,20,22H,2-3,7,9-11,16,19H2,1,4-6H3. The van der Waals surface area contributed by atoms with Crippen LogP contribution in [0.4, 0.5) is 0 Å². The Morgan fingerprint density at radius 3 is 2.74 bits per heavy atom. The van der Waals surface area contributed by atoms with Gasteiger partial charge in [-0.2, -0.15) is 0 Å². The lowest BCUT2D eigenvalue weighted by Gasteiger charge is -2.32. The van der Waals surface area contributed by atoms with E-state index in [0.717, 1.165) is 47.1 Å². The Hall–Kier alpha value is -2.61. The molecule has 0 fully saturated rings. The molecule has 0 amide bonds. The predicted octanol–water partition coefficient (Wildman–Crippen LogP) is 8.56. The van der Waals surface area contributed by atoms with E-state index in [-0.39, 0.29) is 5.41 Å². The van der Waals surface area contributed by atoms with Gasteiger partial charge in [-0.15, -0.1) is 0 Å². The first kappa shape index (κ1) is 23.1. The van der Waals surface area contributed by atoms with Crippen LogP contribution in [0.3, 0.4) is 0 Å². The van der Waals surface area contributed by atoms with E-state index in [1.807, 2.05) is 18.5 Å². The number of furan rings is 1. The van der Waals surface area contributed by atoms with Gasteiger partial charge in [0.2, 0.25) is 0 Å². The number of hydrogen-bond donors (Lipinski definition) is 0. The van der Waals surface area contributed by atoms with Crippen LogP contribution in [0.5, 0.6) is 0 Å². The number of allylic oxidation sites excluding steroid dienone is 2. The van der Waals surface area contributed by atoms with Crippen LogP contribution >= 0.6 is 0 Å². The van der Waals surface area contributed by atoms with Gasteiger partial charge >= 0.3 is 0 Å². The molecule has 164 valence electrons. The van der Waals surface area contributed by atoms with Crippen molar-refractivity contribution in [3.05, 3.63) is 78.7 Å². The molecule has 2 heteroatoms. The number of unbranched alkanes of at least 4 members (excludes halogenated alkanes) is 2. The molecule has 0 bridgehead atoms. The van der Waals surface area contributed by atoms with E-state index in [1.54, 1.807) is 0 Å². The molecule has 0 saturated carbocycles. The van der Waals surface area contributed by atoms with Crippen molar-refractivity contribution in [1.82, 2.24) is 4.98 Å². The summed E-state index contributed by atoms with van der Waals surface area (Å²) >= 11 is 0. The lowest BCUT2D eigenvalue weighted by Crippen LogP contribution is -2.24. The average molecular weight is 416 g/mol. The molecule has 0 saturated heterocycles. The van der Waals surface area contributed by atoms with Crippen molar-refractivity contribution in [3.63, 3.8) is 0 Å². The maximum absolute atomic E-state index is 6.33. The van der Waals surface area contributed by atoms with Gasteiger partial charge in [0.05, 0.1) is 0 Å². The van der Waals surface area contributed by atoms with Crippen molar-refractivity contribution in [1.29, 1.82) is 0 Å². The molecule has 3 rings (SSSR count). The second-order valence-electron chi connectivity index (χ2n) is 9.61. The normalized spacial score (nSPS) is 12.8. The van der Waals surface area contributed by atoms with Crippen molar-refractivity contribution >= 4 is 11.0 Å². The Balaban J connectivity index is 1.83. The number of aryl methyl sites for hydroxylation is 1. The molecule has 1 atom stereocenters. The third-order valence-electron chi connectivity index (χ3n) is 6.66. The minimum absolute atomic E-state index is 0.158. The minimum Gasteiger partial charge on any atom is -0.456 e. The summed E-state index contributed by atoms with van der Waals surface area (Å²) in [6.45, 7) is 17.2. The van der Waals surface area contributed by atoms with Gasteiger partial charge in [0, 0.05) is 23.3 Å². The Kier molecular flexibility index (Phi) is 7.54. The second kappa shape index (κ2) is 10.1. The summed E-state index contributed by atoms with van der Waals surface area (Å²) in [5, 5.41) is 1.15. The number of benzene rings is 1. The zero-order valence-electron chi connectivity index (χ0n) is 19.7. The second-order valence-corrected chi connectivity index (χ2v) is 9.61. The predicted molar refractivity (Wildman–Crippen MR) is 133 cm³/mol. The van der Waals surface area contributed by atoms with Crippen molar-refractivity contribution in [2.24, 2.45) is 11.3 Å². The highest BCUT2D eigenvalue weighted by Crippen LogP contribution is 2.36. The molecule has 0 N–H and O–H groups in total. The van der Waals surface area contributed by atoms with Crippen molar-refractivity contribution < 1.29 is 4.42 Å². The SMILES string of the molecule is C=CC(=C)CC(C)C(C)(C)Cc1ccc2cc(-c3cnccc3CCCCC)oc2c1. The largest absolute Gasteiger partial charge is 0.456 e. The highest BCUT2D eigenvalue weighted by molar-refractivity contribution is 5.83. The minimum atomic E-state index is 0.158. The molecule has 1 unspecified atom stereocenters. The number of fused-ring (bicyclic) bond motifs is 1. The summed E-state index contributed by atoms with van der Waals surface area (Å²) in [6.07, 6.45) is 12.4. The topological polar surface area (TPSA) is 26.0 Å². The van der Waals surface area contributed by atoms with Gasteiger partial charge in [-0.25, -0.2) is 0 Å². The highest BCUT2D eigenvalue weighted by atomic mass is 16.3. The summed E-state index contributed by atoms with van der Waals surface area (Å²) in [5.41, 5.74) is 5.97. The van der Waals surface area contributed by atoms with Gasteiger partial charge in [0.15, 0.2) is 0 Å². The first-order valence-corrected chi connectivity index (χ1v) is 11.6. The van der Waals surface area contributed by atoms with Crippen molar-refractivity contribution in [2.45, 2.75) is 66.2 Å². The van der Waals surface area contributed by atoms with E-state index in [9.17, 15) is 0 Å². The Bertz CT molecular complexity index is 1040. The number of nitrogens with zero attached hydrogens (tertiary/aromatic N) is 1. The number of rotatable bonds is 11. The van der Waals surface area contributed by atoms with Gasteiger partial charge in [-0.3, -0.25) is 4.98 Å². The van der Waals surface area contributed by atoms with E-state index >= 15 is 0 Å². The molecule has 0 aliphatic heterocycles. The van der Waals surface area contributed by atoms with Gasteiger partial charge < -0.3 is 4.42 Å². The van der Waals surface area contributed by atoms with Crippen LogP contribution < -0.4 is 0 Å². The number of hydrogen-bond acceptors (Lipinski definition) is 2. The molecule has 2 nitrogen and oxygen atoms in total. The number of aromatic nitrogens is 1. The van der Waals surface area contributed by atoms with Gasteiger partial charge in [0.1, 0.15) is 11.3 Å². The Labute approximate surface area is 188 Å². The third-order valence-corrected chi connectivity index (χ3v) is 6.66. The van der Waals surface area contributed by atoms with E-state index < -0.39 is 0 Å². The monoisotopic (exact) mass is 415 g/mol. The zero-order chi connectivity index (χ0) is 22.4.